The van der Waals surface area contributed by atoms with Crippen LogP contribution in [-0.4, -0.2) is 17.7 Å². The molecule has 0 radical (unpaired) electrons. The van der Waals surface area contributed by atoms with E-state index in [1.54, 1.807) is 0 Å². The molecule has 0 saturated heterocycles. The van der Waals surface area contributed by atoms with Crippen LogP contribution < -0.4 is 4.72 Å². The Hall–Kier alpha value is -0.613. The molecule has 0 heterocycles. The van der Waals surface area contributed by atoms with Gasteiger partial charge in [0, 0.05) is 11.1 Å². The average Bonchev–Trinajstić information content (AvgIpc) is 2.02. The zero-order valence-electron chi connectivity index (χ0n) is 8.91. The third kappa shape index (κ3) is 4.57. The van der Waals surface area contributed by atoms with Gasteiger partial charge >= 0.3 is 0 Å². The summed E-state index contributed by atoms with van der Waals surface area (Å²) in [4.78, 5) is 0. The minimum Gasteiger partial charge on any atom is -0.305 e. The standard InChI is InChI=1S/C10H17NOSSi/c1-14(2,3)9-13(12)11-10-7-5-4-6-8-10/h4-8,11H,9H2,1-3H3. The van der Waals surface area contributed by atoms with Crippen molar-refractivity contribution in [3.05, 3.63) is 30.3 Å². The van der Waals surface area contributed by atoms with Gasteiger partial charge in [-0.2, -0.15) is 0 Å². The summed E-state index contributed by atoms with van der Waals surface area (Å²) in [5.41, 5.74) is 0.934. The molecule has 0 aliphatic rings. The van der Waals surface area contributed by atoms with E-state index in [4.69, 9.17) is 0 Å². The van der Waals surface area contributed by atoms with Gasteiger partial charge in [0.05, 0.1) is 8.07 Å². The van der Waals surface area contributed by atoms with Gasteiger partial charge in [-0.15, -0.1) is 0 Å². The topological polar surface area (TPSA) is 29.1 Å². The second kappa shape index (κ2) is 4.75. The maximum Gasteiger partial charge on any atom is 0.114 e. The Bertz CT molecular complexity index is 308. The molecule has 1 aromatic carbocycles. The first-order valence-corrected chi connectivity index (χ1v) is 9.70. The lowest BCUT2D eigenvalue weighted by Crippen LogP contribution is -2.31. The van der Waals surface area contributed by atoms with E-state index >= 15 is 0 Å². The molecule has 0 bridgehead atoms. The van der Waals surface area contributed by atoms with E-state index in [-0.39, 0.29) is 0 Å². The lowest BCUT2D eigenvalue weighted by atomic mass is 10.3. The van der Waals surface area contributed by atoms with Gasteiger partial charge in [-0.1, -0.05) is 37.8 Å². The van der Waals surface area contributed by atoms with Crippen LogP contribution in [0.3, 0.4) is 0 Å². The predicted molar refractivity (Wildman–Crippen MR) is 66.4 cm³/mol. The summed E-state index contributed by atoms with van der Waals surface area (Å²) in [6.07, 6.45) is 0. The van der Waals surface area contributed by atoms with Crippen molar-refractivity contribution in [3.63, 3.8) is 0 Å². The summed E-state index contributed by atoms with van der Waals surface area (Å²) in [5.74, 6) is 0. The number of rotatable bonds is 4. The van der Waals surface area contributed by atoms with Gasteiger partial charge in [-0.25, -0.2) is 4.21 Å². The summed E-state index contributed by atoms with van der Waals surface area (Å²) in [6, 6.07) is 9.69. The quantitative estimate of drug-likeness (QED) is 0.787. The highest BCUT2D eigenvalue weighted by Crippen LogP contribution is 2.09. The molecule has 0 fully saturated rings. The molecular weight excluding hydrogens is 210 g/mol. The van der Waals surface area contributed by atoms with Gasteiger partial charge in [0.15, 0.2) is 0 Å². The Morgan fingerprint density at radius 1 is 1.21 bits per heavy atom. The van der Waals surface area contributed by atoms with Gasteiger partial charge in [0.25, 0.3) is 0 Å². The number of benzene rings is 1. The van der Waals surface area contributed by atoms with Crippen molar-refractivity contribution in [2.24, 2.45) is 0 Å². The molecule has 0 aromatic heterocycles. The molecule has 1 aromatic rings. The third-order valence-corrected chi connectivity index (χ3v) is 6.55. The minimum atomic E-state index is -1.24. The van der Waals surface area contributed by atoms with Gasteiger partial charge in [0.2, 0.25) is 0 Å². The minimum absolute atomic E-state index is 0.794. The summed E-state index contributed by atoms with van der Waals surface area (Å²) in [6.45, 7) is 6.66. The van der Waals surface area contributed by atoms with Crippen molar-refractivity contribution in [2.75, 3.05) is 10.1 Å². The van der Waals surface area contributed by atoms with Crippen LogP contribution in [-0.2, 0) is 11.0 Å². The fraction of sp³-hybridized carbons (Fsp3) is 0.400. The summed E-state index contributed by atoms with van der Waals surface area (Å²) < 4.78 is 14.7. The van der Waals surface area contributed by atoms with E-state index < -0.39 is 19.1 Å². The lowest BCUT2D eigenvalue weighted by molar-refractivity contribution is 0.688. The van der Waals surface area contributed by atoms with Crippen molar-refractivity contribution < 1.29 is 4.21 Å². The first-order valence-electron chi connectivity index (χ1n) is 4.67. The normalized spacial score (nSPS) is 13.6. The van der Waals surface area contributed by atoms with Crippen LogP contribution in [0.1, 0.15) is 0 Å². The molecule has 1 rings (SSSR count). The van der Waals surface area contributed by atoms with E-state index in [9.17, 15) is 4.21 Å². The largest absolute Gasteiger partial charge is 0.305 e. The zero-order valence-corrected chi connectivity index (χ0v) is 10.7. The fourth-order valence-electron chi connectivity index (χ4n) is 1.07. The second-order valence-electron chi connectivity index (χ2n) is 4.52. The van der Waals surface area contributed by atoms with Crippen LogP contribution in [0.5, 0.6) is 0 Å². The molecule has 78 valence electrons. The first-order chi connectivity index (χ1) is 6.47. The van der Waals surface area contributed by atoms with Crippen LogP contribution >= 0.6 is 0 Å². The molecular formula is C10H17NOSSi. The van der Waals surface area contributed by atoms with Gasteiger partial charge in [0.1, 0.15) is 11.0 Å². The summed E-state index contributed by atoms with van der Waals surface area (Å²) in [5, 5.41) is 0.794. The van der Waals surface area contributed by atoms with Crippen LogP contribution in [0.2, 0.25) is 19.6 Å². The molecule has 0 aliphatic heterocycles. The van der Waals surface area contributed by atoms with Gasteiger partial charge in [-0.3, -0.25) is 0 Å². The summed E-state index contributed by atoms with van der Waals surface area (Å²) >= 11 is 0. The molecule has 14 heavy (non-hydrogen) atoms. The maximum absolute atomic E-state index is 11.7. The molecule has 0 amide bonds. The van der Waals surface area contributed by atoms with E-state index in [1.807, 2.05) is 30.3 Å². The lowest BCUT2D eigenvalue weighted by Gasteiger charge is -2.15. The van der Waals surface area contributed by atoms with Gasteiger partial charge < -0.3 is 4.72 Å². The van der Waals surface area contributed by atoms with Crippen LogP contribution in [0.15, 0.2) is 30.3 Å². The smallest absolute Gasteiger partial charge is 0.114 e. The number of hydrogen-bond acceptors (Lipinski definition) is 1. The Labute approximate surface area is 89.3 Å². The zero-order chi connectivity index (χ0) is 10.6. The highest BCUT2D eigenvalue weighted by Gasteiger charge is 2.16. The van der Waals surface area contributed by atoms with Crippen molar-refractivity contribution in [1.82, 2.24) is 0 Å². The Kier molecular flexibility index (Phi) is 3.89. The number of hydrogen-bond donors (Lipinski definition) is 1. The molecule has 1 atom stereocenters. The Morgan fingerprint density at radius 2 is 1.79 bits per heavy atom. The molecule has 0 spiro atoms. The average molecular weight is 227 g/mol. The highest BCUT2D eigenvalue weighted by molar-refractivity contribution is 7.88. The van der Waals surface area contributed by atoms with Gasteiger partial charge in [-0.05, 0) is 12.1 Å². The van der Waals surface area contributed by atoms with Crippen LogP contribution in [0, 0.1) is 0 Å². The van der Waals surface area contributed by atoms with Crippen molar-refractivity contribution in [1.29, 1.82) is 0 Å². The van der Waals surface area contributed by atoms with E-state index in [0.717, 1.165) is 11.1 Å². The van der Waals surface area contributed by atoms with Crippen LogP contribution in [0.4, 0.5) is 5.69 Å². The molecule has 1 unspecified atom stereocenters. The first kappa shape index (κ1) is 11.5. The Balaban J connectivity index is 2.50. The monoisotopic (exact) mass is 227 g/mol. The Morgan fingerprint density at radius 3 is 2.29 bits per heavy atom. The molecule has 2 nitrogen and oxygen atoms in total. The van der Waals surface area contributed by atoms with E-state index in [2.05, 4.69) is 24.4 Å². The number of nitrogens with one attached hydrogen (secondary N) is 1. The number of anilines is 1. The second-order valence-corrected chi connectivity index (χ2v) is 11.7. The predicted octanol–water partition coefficient (Wildman–Crippen LogP) is 2.64. The van der Waals surface area contributed by atoms with Crippen LogP contribution in [0.25, 0.3) is 0 Å². The summed E-state index contributed by atoms with van der Waals surface area (Å²) in [7, 11) is -2.17. The molecule has 0 saturated carbocycles. The van der Waals surface area contributed by atoms with E-state index in [0.29, 0.717) is 0 Å². The fourth-order valence-corrected chi connectivity index (χ4v) is 4.90. The maximum atomic E-state index is 11.7. The van der Waals surface area contributed by atoms with Crippen molar-refractivity contribution >= 4 is 24.7 Å². The SMILES string of the molecule is C[Si](C)(C)CS(=O)Nc1ccccc1. The van der Waals surface area contributed by atoms with E-state index in [1.165, 1.54) is 0 Å². The third-order valence-electron chi connectivity index (χ3n) is 1.57. The molecule has 4 heteroatoms. The van der Waals surface area contributed by atoms with Crippen molar-refractivity contribution in [2.45, 2.75) is 19.6 Å². The molecule has 0 aliphatic carbocycles. The number of para-hydroxylation sites is 1. The molecule has 1 N–H and O–H groups in total. The van der Waals surface area contributed by atoms with Crippen molar-refractivity contribution in [3.8, 4) is 0 Å². The highest BCUT2D eigenvalue weighted by atomic mass is 32.2.